The van der Waals surface area contributed by atoms with Crippen LogP contribution in [-0.2, 0) is 0 Å². The van der Waals surface area contributed by atoms with E-state index in [1.807, 2.05) is 42.5 Å². The third-order valence-electron chi connectivity index (χ3n) is 6.22. The first kappa shape index (κ1) is 25.6. The number of fused-ring (bicyclic) bond motifs is 1. The quantitative estimate of drug-likeness (QED) is 0.184. The third kappa shape index (κ3) is 9.41. The summed E-state index contributed by atoms with van der Waals surface area (Å²) >= 11 is 6.03. The Morgan fingerprint density at radius 2 is 1.30 bits per heavy atom. The zero-order valence-electron chi connectivity index (χ0n) is 20.3. The van der Waals surface area contributed by atoms with E-state index in [1.165, 1.54) is 83.5 Å². The molecule has 1 heterocycles. The van der Waals surface area contributed by atoms with Gasteiger partial charge in [0.15, 0.2) is 5.58 Å². The Hall–Kier alpha value is -2.00. The second kappa shape index (κ2) is 15.0. The summed E-state index contributed by atoms with van der Waals surface area (Å²) in [4.78, 5) is 4.53. The molecule has 4 heteroatoms. The molecule has 0 unspecified atom stereocenters. The second-order valence-corrected chi connectivity index (χ2v) is 9.54. The van der Waals surface area contributed by atoms with Gasteiger partial charge in [0.2, 0.25) is 5.89 Å². The van der Waals surface area contributed by atoms with Gasteiger partial charge in [-0.15, -0.1) is 0 Å². The van der Waals surface area contributed by atoms with Crippen molar-refractivity contribution in [1.29, 1.82) is 0 Å². The minimum atomic E-state index is 0.603. The van der Waals surface area contributed by atoms with E-state index in [2.05, 4.69) is 11.9 Å². The number of rotatable bonds is 17. The molecule has 3 nitrogen and oxygen atoms in total. The molecular weight excluding hydrogens is 430 g/mol. The van der Waals surface area contributed by atoms with Crippen molar-refractivity contribution in [3.8, 4) is 17.2 Å². The van der Waals surface area contributed by atoms with E-state index in [9.17, 15) is 0 Å². The average Bonchev–Trinajstić information content (AvgIpc) is 3.25. The fourth-order valence-electron chi connectivity index (χ4n) is 4.20. The van der Waals surface area contributed by atoms with Crippen LogP contribution in [0.25, 0.3) is 22.6 Å². The van der Waals surface area contributed by atoms with Crippen LogP contribution in [0.3, 0.4) is 0 Å². The Bertz CT molecular complexity index is 919. The molecule has 0 radical (unpaired) electrons. The predicted octanol–water partition coefficient (Wildman–Crippen LogP) is 10.0. The number of oxazole rings is 1. The first-order chi connectivity index (χ1) is 16.3. The second-order valence-electron chi connectivity index (χ2n) is 9.10. The third-order valence-corrected chi connectivity index (χ3v) is 6.45. The topological polar surface area (TPSA) is 35.3 Å². The van der Waals surface area contributed by atoms with Gasteiger partial charge in [-0.2, -0.15) is 0 Å². The molecule has 0 amide bonds. The Labute approximate surface area is 204 Å². The fourth-order valence-corrected chi connectivity index (χ4v) is 4.37. The zero-order chi connectivity index (χ0) is 23.1. The Morgan fingerprint density at radius 1 is 0.727 bits per heavy atom. The number of unbranched alkanes of at least 4 members (excludes halogenated alkanes) is 13. The molecule has 3 aromatic rings. The molecule has 0 N–H and O–H groups in total. The lowest BCUT2D eigenvalue weighted by molar-refractivity contribution is 0.304. The summed E-state index contributed by atoms with van der Waals surface area (Å²) in [6.45, 7) is 3.06. The van der Waals surface area contributed by atoms with Crippen molar-refractivity contribution < 1.29 is 9.15 Å². The lowest BCUT2D eigenvalue weighted by Gasteiger charge is -2.07. The van der Waals surface area contributed by atoms with Gasteiger partial charge in [0.1, 0.15) is 11.3 Å². The van der Waals surface area contributed by atoms with Gasteiger partial charge in [-0.05, 0) is 48.9 Å². The molecule has 0 aliphatic carbocycles. The molecule has 0 fully saturated rings. The van der Waals surface area contributed by atoms with E-state index < -0.39 is 0 Å². The molecule has 0 saturated heterocycles. The van der Waals surface area contributed by atoms with Crippen molar-refractivity contribution in [2.24, 2.45) is 0 Å². The highest BCUT2D eigenvalue weighted by molar-refractivity contribution is 6.31. The highest BCUT2D eigenvalue weighted by atomic mass is 35.5. The van der Waals surface area contributed by atoms with Crippen molar-refractivity contribution in [2.75, 3.05) is 6.61 Å². The predicted molar refractivity (Wildman–Crippen MR) is 140 cm³/mol. The van der Waals surface area contributed by atoms with Crippen LogP contribution in [-0.4, -0.2) is 11.6 Å². The van der Waals surface area contributed by atoms with E-state index in [-0.39, 0.29) is 0 Å². The van der Waals surface area contributed by atoms with Crippen molar-refractivity contribution in [1.82, 2.24) is 4.98 Å². The summed E-state index contributed by atoms with van der Waals surface area (Å²) in [5.74, 6) is 1.50. The maximum absolute atomic E-state index is 6.03. The molecule has 0 aliphatic heterocycles. The minimum absolute atomic E-state index is 0.603. The van der Waals surface area contributed by atoms with E-state index in [1.54, 1.807) is 0 Å². The van der Waals surface area contributed by atoms with Crippen LogP contribution in [0.4, 0.5) is 0 Å². The molecule has 3 rings (SSSR count). The summed E-state index contributed by atoms with van der Waals surface area (Å²) in [6.07, 6.45) is 19.2. The highest BCUT2D eigenvalue weighted by Crippen LogP contribution is 2.27. The molecular formula is C29H40ClNO2. The number of ether oxygens (including phenoxy) is 1. The van der Waals surface area contributed by atoms with E-state index in [0.717, 1.165) is 35.4 Å². The molecule has 2 aromatic carbocycles. The molecule has 1 aromatic heterocycles. The number of hydrogen-bond acceptors (Lipinski definition) is 3. The van der Waals surface area contributed by atoms with Crippen molar-refractivity contribution in [3.05, 3.63) is 47.5 Å². The number of nitrogens with zero attached hydrogens (tertiary/aromatic N) is 1. The van der Waals surface area contributed by atoms with Crippen LogP contribution in [0, 0.1) is 0 Å². The first-order valence-corrected chi connectivity index (χ1v) is 13.4. The summed E-state index contributed by atoms with van der Waals surface area (Å²) in [7, 11) is 0. The largest absolute Gasteiger partial charge is 0.494 e. The average molecular weight is 470 g/mol. The molecule has 0 bridgehead atoms. The number of halogens is 1. The molecule has 0 aliphatic rings. The maximum atomic E-state index is 6.03. The Balaban J connectivity index is 1.20. The van der Waals surface area contributed by atoms with Crippen LogP contribution >= 0.6 is 11.6 Å². The monoisotopic (exact) mass is 469 g/mol. The van der Waals surface area contributed by atoms with Gasteiger partial charge in [-0.25, -0.2) is 4.98 Å². The maximum Gasteiger partial charge on any atom is 0.227 e. The van der Waals surface area contributed by atoms with E-state index >= 15 is 0 Å². The van der Waals surface area contributed by atoms with E-state index in [0.29, 0.717) is 10.9 Å². The number of hydrogen-bond donors (Lipinski definition) is 0. The molecule has 0 spiro atoms. The Kier molecular flexibility index (Phi) is 11.7. The van der Waals surface area contributed by atoms with Crippen LogP contribution in [0.1, 0.15) is 96.8 Å². The van der Waals surface area contributed by atoms with Crippen LogP contribution < -0.4 is 4.74 Å². The zero-order valence-corrected chi connectivity index (χ0v) is 21.0. The normalized spacial score (nSPS) is 11.3. The summed E-state index contributed by atoms with van der Waals surface area (Å²) in [5, 5.41) is 0.662. The van der Waals surface area contributed by atoms with Gasteiger partial charge < -0.3 is 9.15 Å². The van der Waals surface area contributed by atoms with Crippen molar-refractivity contribution >= 4 is 22.7 Å². The lowest BCUT2D eigenvalue weighted by Crippen LogP contribution is -1.97. The van der Waals surface area contributed by atoms with Crippen LogP contribution in [0.15, 0.2) is 46.9 Å². The summed E-state index contributed by atoms with van der Waals surface area (Å²) in [5.41, 5.74) is 2.45. The van der Waals surface area contributed by atoms with Gasteiger partial charge in [-0.3, -0.25) is 0 Å². The highest BCUT2D eigenvalue weighted by Gasteiger charge is 2.08. The van der Waals surface area contributed by atoms with Crippen LogP contribution in [0.2, 0.25) is 5.02 Å². The molecule has 180 valence electrons. The lowest BCUT2D eigenvalue weighted by atomic mass is 10.0. The van der Waals surface area contributed by atoms with Gasteiger partial charge in [0.05, 0.1) is 6.61 Å². The smallest absolute Gasteiger partial charge is 0.227 e. The first-order valence-electron chi connectivity index (χ1n) is 13.1. The van der Waals surface area contributed by atoms with Gasteiger partial charge in [0, 0.05) is 10.6 Å². The van der Waals surface area contributed by atoms with Gasteiger partial charge >= 0.3 is 0 Å². The number of aromatic nitrogens is 1. The summed E-state index contributed by atoms with van der Waals surface area (Å²) < 4.78 is 11.7. The van der Waals surface area contributed by atoms with Gasteiger partial charge in [-0.1, -0.05) is 102 Å². The van der Waals surface area contributed by atoms with Gasteiger partial charge in [0.25, 0.3) is 0 Å². The van der Waals surface area contributed by atoms with Crippen LogP contribution in [0.5, 0.6) is 5.75 Å². The molecule has 0 atom stereocenters. The molecule has 0 saturated carbocycles. The molecule has 33 heavy (non-hydrogen) atoms. The van der Waals surface area contributed by atoms with Crippen molar-refractivity contribution in [3.63, 3.8) is 0 Å². The van der Waals surface area contributed by atoms with E-state index in [4.69, 9.17) is 20.8 Å². The minimum Gasteiger partial charge on any atom is -0.494 e. The number of benzene rings is 2. The Morgan fingerprint density at radius 3 is 1.91 bits per heavy atom. The van der Waals surface area contributed by atoms with Crippen molar-refractivity contribution in [2.45, 2.75) is 96.8 Å². The SMILES string of the molecule is CCCCCCCCCCCCCCCCOc1ccc(-c2nc3cc(Cl)ccc3o2)cc1. The fraction of sp³-hybridized carbons (Fsp3) is 0.552. The standard InChI is InChI=1S/C29H40ClNO2/c1-2-3-4-5-6-7-8-9-10-11-12-13-14-15-22-32-26-19-16-24(17-20-26)29-31-27-23-25(30)18-21-28(27)33-29/h16-21,23H,2-15,22H2,1H3. The summed E-state index contributed by atoms with van der Waals surface area (Å²) in [6, 6.07) is 13.4.